The molecule has 25 heavy (non-hydrogen) atoms. The van der Waals surface area contributed by atoms with E-state index >= 15 is 0 Å². The van der Waals surface area contributed by atoms with E-state index in [1.807, 2.05) is 6.07 Å². The molecule has 0 bridgehead atoms. The fourth-order valence-electron chi connectivity index (χ4n) is 2.53. The summed E-state index contributed by atoms with van der Waals surface area (Å²) in [4.78, 5) is 24.9. The van der Waals surface area contributed by atoms with Gasteiger partial charge < -0.3 is 15.7 Å². The van der Waals surface area contributed by atoms with Crippen LogP contribution in [0.4, 0.5) is 13.2 Å². The molecule has 2 fully saturated rings. The quantitative estimate of drug-likeness (QED) is 0.748. The van der Waals surface area contributed by atoms with Crippen LogP contribution in [0, 0.1) is 5.41 Å². The number of nitrogens with zero attached hydrogens (tertiary/aromatic N) is 1. The van der Waals surface area contributed by atoms with Crippen LogP contribution in [-0.2, 0) is 16.1 Å². The fourth-order valence-corrected chi connectivity index (χ4v) is 2.72. The van der Waals surface area contributed by atoms with Gasteiger partial charge in [-0.3, -0.25) is 9.78 Å². The maximum absolute atomic E-state index is 12.0. The van der Waals surface area contributed by atoms with E-state index in [4.69, 9.17) is 21.5 Å². The zero-order valence-electron chi connectivity index (χ0n) is 13.1. The van der Waals surface area contributed by atoms with Crippen molar-refractivity contribution >= 4 is 23.5 Å². The summed E-state index contributed by atoms with van der Waals surface area (Å²) in [5.41, 5.74) is 1.37. The minimum Gasteiger partial charge on any atom is -0.475 e. The van der Waals surface area contributed by atoms with E-state index in [1.165, 1.54) is 12.8 Å². The number of rotatable bonds is 3. The molecule has 2 heterocycles. The first kappa shape index (κ1) is 19.5. The van der Waals surface area contributed by atoms with Crippen LogP contribution in [0.15, 0.2) is 18.5 Å². The average Bonchev–Trinajstić information content (AvgIpc) is 3.14. The summed E-state index contributed by atoms with van der Waals surface area (Å²) in [6, 6.07) is 1.79. The highest BCUT2D eigenvalue weighted by Gasteiger charge is 2.49. The molecule has 3 N–H and O–H groups in total. The highest BCUT2D eigenvalue weighted by molar-refractivity contribution is 6.30. The van der Waals surface area contributed by atoms with Crippen molar-refractivity contribution < 1.29 is 27.9 Å². The fraction of sp³-hybridized carbons (Fsp3) is 0.533. The molecular formula is C15H17ClF3N3O3. The van der Waals surface area contributed by atoms with Crippen molar-refractivity contribution in [1.82, 2.24) is 15.6 Å². The standard InChI is InChI=1S/C13H16ClN3O.C2HF3O2/c14-10-3-9(5-15-7-10)6-16-12(18)11-4-13(1-2-13)8-17-11;3-2(4,5)1(6)7/h3,5,7,11,17H,1-2,4,6,8H2,(H,16,18);(H,6,7)/t11-;/m0./s1. The number of hydrogen-bond donors (Lipinski definition) is 3. The van der Waals surface area contributed by atoms with E-state index < -0.39 is 12.1 Å². The molecule has 1 spiro atoms. The maximum atomic E-state index is 12.0. The zero-order chi connectivity index (χ0) is 18.7. The first-order valence-corrected chi connectivity index (χ1v) is 7.90. The SMILES string of the molecule is O=C(NCc1cncc(Cl)c1)[C@@H]1CC2(CC2)CN1.O=C(O)C(F)(F)F. The second kappa shape index (κ2) is 7.57. The minimum atomic E-state index is -5.08. The molecule has 0 radical (unpaired) electrons. The van der Waals surface area contributed by atoms with Crippen molar-refractivity contribution in [3.05, 3.63) is 29.0 Å². The molecule has 0 unspecified atom stereocenters. The van der Waals surface area contributed by atoms with Gasteiger partial charge in [-0.2, -0.15) is 13.2 Å². The molecule has 6 nitrogen and oxygen atoms in total. The highest BCUT2D eigenvalue weighted by atomic mass is 35.5. The van der Waals surface area contributed by atoms with Gasteiger partial charge in [0.1, 0.15) is 0 Å². The van der Waals surface area contributed by atoms with Crippen LogP contribution in [0.25, 0.3) is 0 Å². The lowest BCUT2D eigenvalue weighted by Crippen LogP contribution is -2.40. The van der Waals surface area contributed by atoms with Gasteiger partial charge in [0.2, 0.25) is 5.91 Å². The lowest BCUT2D eigenvalue weighted by atomic mass is 10.0. The first-order valence-electron chi connectivity index (χ1n) is 7.52. The molecule has 138 valence electrons. The minimum absolute atomic E-state index is 0.0281. The summed E-state index contributed by atoms with van der Waals surface area (Å²) >= 11 is 5.85. The van der Waals surface area contributed by atoms with Crippen LogP contribution in [0.3, 0.4) is 0 Å². The smallest absolute Gasteiger partial charge is 0.475 e. The molecule has 1 aromatic heterocycles. The Kier molecular flexibility index (Phi) is 5.89. The maximum Gasteiger partial charge on any atom is 0.490 e. The van der Waals surface area contributed by atoms with Crippen LogP contribution >= 0.6 is 11.6 Å². The van der Waals surface area contributed by atoms with E-state index in [1.54, 1.807) is 12.4 Å². The Hall–Kier alpha value is -1.87. The number of hydrogen-bond acceptors (Lipinski definition) is 4. The Morgan fingerprint density at radius 1 is 1.40 bits per heavy atom. The molecule has 1 saturated heterocycles. The number of alkyl halides is 3. The van der Waals surface area contributed by atoms with Crippen LogP contribution in [-0.4, -0.2) is 40.7 Å². The molecule has 1 saturated carbocycles. The molecule has 1 amide bonds. The predicted octanol–water partition coefficient (Wildman–Crippen LogP) is 2.13. The van der Waals surface area contributed by atoms with Crippen molar-refractivity contribution in [1.29, 1.82) is 0 Å². The van der Waals surface area contributed by atoms with Gasteiger partial charge in [0, 0.05) is 25.5 Å². The van der Waals surface area contributed by atoms with Gasteiger partial charge in [-0.1, -0.05) is 11.6 Å². The Balaban J connectivity index is 0.000000277. The molecule has 2 aliphatic rings. The largest absolute Gasteiger partial charge is 0.490 e. The molecule has 10 heteroatoms. The molecular weight excluding hydrogens is 363 g/mol. The molecule has 3 rings (SSSR count). The number of halogens is 4. The van der Waals surface area contributed by atoms with Crippen molar-refractivity contribution in [3.8, 4) is 0 Å². The Morgan fingerprint density at radius 2 is 2.04 bits per heavy atom. The van der Waals surface area contributed by atoms with Crippen LogP contribution < -0.4 is 10.6 Å². The second-order valence-electron chi connectivity index (χ2n) is 6.17. The summed E-state index contributed by atoms with van der Waals surface area (Å²) < 4.78 is 31.7. The molecule has 1 atom stereocenters. The number of aliphatic carboxylic acids is 1. The third-order valence-electron chi connectivity index (χ3n) is 4.10. The van der Waals surface area contributed by atoms with Crippen molar-refractivity contribution in [2.24, 2.45) is 5.41 Å². The third-order valence-corrected chi connectivity index (χ3v) is 4.31. The van der Waals surface area contributed by atoms with E-state index in [0.717, 1.165) is 18.5 Å². The van der Waals surface area contributed by atoms with E-state index in [2.05, 4.69) is 15.6 Å². The average molecular weight is 380 g/mol. The lowest BCUT2D eigenvalue weighted by molar-refractivity contribution is -0.192. The van der Waals surface area contributed by atoms with E-state index in [-0.39, 0.29) is 11.9 Å². The lowest BCUT2D eigenvalue weighted by Gasteiger charge is -2.11. The Bertz CT molecular complexity index is 650. The molecule has 1 aromatic rings. The zero-order valence-corrected chi connectivity index (χ0v) is 13.8. The number of carboxylic acid groups (broad SMARTS) is 1. The summed E-state index contributed by atoms with van der Waals surface area (Å²) in [5.74, 6) is -2.67. The van der Waals surface area contributed by atoms with Crippen molar-refractivity contribution in [2.75, 3.05) is 6.54 Å². The number of carbonyl (C=O) groups excluding carboxylic acids is 1. The first-order chi connectivity index (χ1) is 11.6. The van der Waals surface area contributed by atoms with Gasteiger partial charge in [-0.15, -0.1) is 0 Å². The molecule has 0 aromatic carbocycles. The Labute approximate surface area is 146 Å². The van der Waals surface area contributed by atoms with E-state index in [0.29, 0.717) is 17.0 Å². The topological polar surface area (TPSA) is 91.3 Å². The van der Waals surface area contributed by atoms with Gasteiger partial charge in [0.25, 0.3) is 0 Å². The van der Waals surface area contributed by atoms with Gasteiger partial charge in [-0.05, 0) is 36.3 Å². The summed E-state index contributed by atoms with van der Waals surface area (Å²) in [6.07, 6.45) is 1.73. The second-order valence-corrected chi connectivity index (χ2v) is 6.61. The summed E-state index contributed by atoms with van der Waals surface area (Å²) in [6.45, 7) is 1.47. The molecule has 1 aliphatic carbocycles. The van der Waals surface area contributed by atoms with Gasteiger partial charge in [0.05, 0.1) is 11.1 Å². The monoisotopic (exact) mass is 379 g/mol. The van der Waals surface area contributed by atoms with E-state index in [9.17, 15) is 18.0 Å². The number of aromatic nitrogens is 1. The summed E-state index contributed by atoms with van der Waals surface area (Å²) in [5, 5.41) is 14.0. The van der Waals surface area contributed by atoms with Gasteiger partial charge in [0.15, 0.2) is 0 Å². The van der Waals surface area contributed by atoms with Crippen molar-refractivity contribution in [3.63, 3.8) is 0 Å². The van der Waals surface area contributed by atoms with Crippen LogP contribution in [0.1, 0.15) is 24.8 Å². The normalized spacial score (nSPS) is 20.6. The summed E-state index contributed by atoms with van der Waals surface area (Å²) in [7, 11) is 0. The number of pyridine rings is 1. The number of amides is 1. The van der Waals surface area contributed by atoms with Crippen molar-refractivity contribution in [2.45, 2.75) is 38.0 Å². The number of carbonyl (C=O) groups is 2. The third kappa shape index (κ3) is 5.86. The molecule has 1 aliphatic heterocycles. The van der Waals surface area contributed by atoms with Gasteiger partial charge in [-0.25, -0.2) is 4.79 Å². The van der Waals surface area contributed by atoms with Crippen LogP contribution in [0.2, 0.25) is 5.02 Å². The number of nitrogens with one attached hydrogen (secondary N) is 2. The van der Waals surface area contributed by atoms with Crippen LogP contribution in [0.5, 0.6) is 0 Å². The number of carboxylic acids is 1. The highest BCUT2D eigenvalue weighted by Crippen LogP contribution is 2.51. The Morgan fingerprint density at radius 3 is 2.52 bits per heavy atom. The van der Waals surface area contributed by atoms with Gasteiger partial charge >= 0.3 is 12.1 Å². The predicted molar refractivity (Wildman–Crippen MR) is 82.9 cm³/mol.